The molecule has 0 radical (unpaired) electrons. The van der Waals surface area contributed by atoms with Crippen LogP contribution in [0.5, 0.6) is 0 Å². The molecule has 2 aromatic heterocycles. The van der Waals surface area contributed by atoms with Crippen LogP contribution < -0.4 is 15.4 Å². The molecule has 136 valence electrons. The van der Waals surface area contributed by atoms with Crippen LogP contribution in [0.15, 0.2) is 35.1 Å². The van der Waals surface area contributed by atoms with Gasteiger partial charge in [0.05, 0.1) is 16.3 Å². The van der Waals surface area contributed by atoms with Crippen molar-refractivity contribution in [3.05, 3.63) is 46.5 Å². The zero-order chi connectivity index (χ0) is 18.3. The maximum Gasteiger partial charge on any atom is 0.267 e. The van der Waals surface area contributed by atoms with Crippen LogP contribution >= 0.6 is 11.3 Å². The Balaban J connectivity index is 1.50. The zero-order valence-corrected chi connectivity index (χ0v) is 15.5. The molecule has 0 aliphatic carbocycles. The van der Waals surface area contributed by atoms with Gasteiger partial charge in [0.1, 0.15) is 11.6 Å². The molecule has 0 saturated carbocycles. The maximum absolute atomic E-state index is 13.4. The van der Waals surface area contributed by atoms with E-state index in [1.807, 2.05) is 13.8 Å². The predicted octanol–water partition coefficient (Wildman–Crippen LogP) is 2.90. The molecule has 1 saturated heterocycles. The van der Waals surface area contributed by atoms with Gasteiger partial charge in [-0.15, -0.1) is 0 Å². The summed E-state index contributed by atoms with van der Waals surface area (Å²) >= 11 is 1.52. The first kappa shape index (κ1) is 17.0. The van der Waals surface area contributed by atoms with E-state index < -0.39 is 0 Å². The lowest BCUT2D eigenvalue weighted by atomic mass is 10.3. The molecule has 0 bridgehead atoms. The second-order valence-electron chi connectivity index (χ2n) is 6.65. The first-order chi connectivity index (χ1) is 12.5. The topological polar surface area (TPSA) is 54.3 Å². The molecule has 1 aliphatic heterocycles. The predicted molar refractivity (Wildman–Crippen MR) is 103 cm³/mol. The van der Waals surface area contributed by atoms with E-state index in [0.29, 0.717) is 0 Å². The Labute approximate surface area is 154 Å². The number of benzene rings is 1. The Bertz CT molecular complexity index is 991. The zero-order valence-electron chi connectivity index (χ0n) is 14.7. The van der Waals surface area contributed by atoms with E-state index >= 15 is 0 Å². The number of hydrogen-bond acceptors (Lipinski definition) is 6. The Morgan fingerprint density at radius 3 is 2.54 bits per heavy atom. The molecule has 26 heavy (non-hydrogen) atoms. The molecule has 6 nitrogen and oxygen atoms in total. The molecule has 1 aromatic carbocycles. The van der Waals surface area contributed by atoms with E-state index in [9.17, 15) is 9.18 Å². The van der Waals surface area contributed by atoms with Gasteiger partial charge in [-0.1, -0.05) is 11.3 Å². The van der Waals surface area contributed by atoms with Gasteiger partial charge in [-0.25, -0.2) is 14.1 Å². The first-order valence-electron chi connectivity index (χ1n) is 8.67. The summed E-state index contributed by atoms with van der Waals surface area (Å²) < 4.78 is 15.8. The first-order valence-corrected chi connectivity index (χ1v) is 9.49. The molecule has 8 heteroatoms. The minimum absolute atomic E-state index is 0.0342. The lowest BCUT2D eigenvalue weighted by molar-refractivity contribution is 0.497. The number of hydrogen-bond donors (Lipinski definition) is 0. The Hall–Kier alpha value is -2.48. The van der Waals surface area contributed by atoms with E-state index in [1.165, 1.54) is 28.2 Å². The smallest absolute Gasteiger partial charge is 0.267 e. The molecule has 1 fully saturated rings. The highest BCUT2D eigenvalue weighted by atomic mass is 32.1. The minimum atomic E-state index is -0.233. The van der Waals surface area contributed by atoms with Gasteiger partial charge in [0, 0.05) is 32.2 Å². The van der Waals surface area contributed by atoms with Crippen LogP contribution in [0, 0.1) is 5.82 Å². The van der Waals surface area contributed by atoms with Crippen LogP contribution in [0.1, 0.15) is 19.9 Å². The monoisotopic (exact) mass is 373 g/mol. The third-order valence-electron chi connectivity index (χ3n) is 4.51. The maximum atomic E-state index is 13.4. The van der Waals surface area contributed by atoms with Crippen molar-refractivity contribution in [2.75, 3.05) is 36.0 Å². The third-order valence-corrected chi connectivity index (χ3v) is 5.59. The van der Waals surface area contributed by atoms with Gasteiger partial charge in [0.15, 0.2) is 5.13 Å². The number of halogens is 1. The average Bonchev–Trinajstić information content (AvgIpc) is 3.05. The molecule has 1 aliphatic rings. The summed E-state index contributed by atoms with van der Waals surface area (Å²) in [7, 11) is 0. The van der Waals surface area contributed by atoms with Gasteiger partial charge in [-0.05, 0) is 38.1 Å². The highest BCUT2D eigenvalue weighted by Gasteiger charge is 2.21. The van der Waals surface area contributed by atoms with Crippen molar-refractivity contribution in [3.8, 4) is 0 Å². The van der Waals surface area contributed by atoms with Crippen molar-refractivity contribution >= 4 is 32.5 Å². The Morgan fingerprint density at radius 1 is 1.08 bits per heavy atom. The molecular formula is C18H20FN5OS. The van der Waals surface area contributed by atoms with Crippen molar-refractivity contribution in [2.24, 2.45) is 0 Å². The van der Waals surface area contributed by atoms with Gasteiger partial charge in [0.25, 0.3) is 5.56 Å². The van der Waals surface area contributed by atoms with Crippen LogP contribution in [0.2, 0.25) is 0 Å². The van der Waals surface area contributed by atoms with Crippen LogP contribution in [-0.4, -0.2) is 40.9 Å². The summed E-state index contributed by atoms with van der Waals surface area (Å²) in [6, 6.07) is 8.10. The Morgan fingerprint density at radius 2 is 1.81 bits per heavy atom. The largest absolute Gasteiger partial charge is 0.352 e. The summed E-state index contributed by atoms with van der Waals surface area (Å²) in [6.07, 6.45) is 0. The number of rotatable bonds is 3. The second kappa shape index (κ2) is 6.68. The molecule has 4 rings (SSSR count). The van der Waals surface area contributed by atoms with Crippen LogP contribution in [0.25, 0.3) is 10.2 Å². The van der Waals surface area contributed by atoms with Gasteiger partial charge < -0.3 is 9.80 Å². The lowest BCUT2D eigenvalue weighted by Gasteiger charge is -2.35. The van der Waals surface area contributed by atoms with E-state index in [4.69, 9.17) is 0 Å². The molecule has 0 atom stereocenters. The fourth-order valence-corrected chi connectivity index (χ4v) is 4.14. The molecular weight excluding hydrogens is 353 g/mol. The summed E-state index contributed by atoms with van der Waals surface area (Å²) in [6.45, 7) is 7.12. The SMILES string of the molecule is CC(C)n1nc(N2CCN(c3nc4ccc(F)cc4s3)CC2)ccc1=O. The molecule has 0 N–H and O–H groups in total. The summed E-state index contributed by atoms with van der Waals surface area (Å²) in [5.41, 5.74) is 0.753. The standard InChI is InChI=1S/C18H20FN5OS/c1-12(2)24-17(25)6-5-16(21-24)22-7-9-23(10-8-22)18-20-14-4-3-13(19)11-15(14)26-18/h3-6,11-12H,7-10H2,1-2H3. The van der Waals surface area contributed by atoms with Gasteiger partial charge >= 0.3 is 0 Å². The molecule has 3 aromatic rings. The number of nitrogens with zero attached hydrogens (tertiary/aromatic N) is 5. The number of aromatic nitrogens is 3. The van der Waals surface area contributed by atoms with Gasteiger partial charge in [-0.2, -0.15) is 5.10 Å². The number of anilines is 2. The Kier molecular flexibility index (Phi) is 4.36. The fourth-order valence-electron chi connectivity index (χ4n) is 3.10. The van der Waals surface area contributed by atoms with Crippen molar-refractivity contribution < 1.29 is 4.39 Å². The number of thiazole rings is 1. The van der Waals surface area contributed by atoms with E-state index in [2.05, 4.69) is 19.9 Å². The molecule has 0 unspecified atom stereocenters. The van der Waals surface area contributed by atoms with Crippen LogP contribution in [-0.2, 0) is 0 Å². The van der Waals surface area contributed by atoms with E-state index in [-0.39, 0.29) is 17.4 Å². The quantitative estimate of drug-likeness (QED) is 0.707. The molecule has 0 amide bonds. The summed E-state index contributed by atoms with van der Waals surface area (Å²) in [5.74, 6) is 0.591. The number of fused-ring (bicyclic) bond motifs is 1. The fraction of sp³-hybridized carbons (Fsp3) is 0.389. The highest BCUT2D eigenvalue weighted by Crippen LogP contribution is 2.30. The third kappa shape index (κ3) is 3.16. The van der Waals surface area contributed by atoms with Crippen LogP contribution in [0.3, 0.4) is 0 Å². The normalized spacial score (nSPS) is 15.2. The van der Waals surface area contributed by atoms with Crippen molar-refractivity contribution in [3.63, 3.8) is 0 Å². The van der Waals surface area contributed by atoms with E-state index in [0.717, 1.165) is 47.3 Å². The lowest BCUT2D eigenvalue weighted by Crippen LogP contribution is -2.47. The summed E-state index contributed by atoms with van der Waals surface area (Å²) in [5, 5.41) is 5.42. The molecule has 0 spiro atoms. The van der Waals surface area contributed by atoms with E-state index in [1.54, 1.807) is 18.2 Å². The summed E-state index contributed by atoms with van der Waals surface area (Å²) in [4.78, 5) is 20.9. The number of piperazine rings is 1. The van der Waals surface area contributed by atoms with Crippen LogP contribution in [0.4, 0.5) is 15.3 Å². The average molecular weight is 373 g/mol. The van der Waals surface area contributed by atoms with Gasteiger partial charge in [0.2, 0.25) is 0 Å². The highest BCUT2D eigenvalue weighted by molar-refractivity contribution is 7.22. The van der Waals surface area contributed by atoms with Crippen molar-refractivity contribution in [1.82, 2.24) is 14.8 Å². The van der Waals surface area contributed by atoms with Gasteiger partial charge in [-0.3, -0.25) is 4.79 Å². The minimum Gasteiger partial charge on any atom is -0.352 e. The van der Waals surface area contributed by atoms with Crippen molar-refractivity contribution in [1.29, 1.82) is 0 Å². The second-order valence-corrected chi connectivity index (χ2v) is 7.66. The molecule has 3 heterocycles. The van der Waals surface area contributed by atoms with Crippen molar-refractivity contribution in [2.45, 2.75) is 19.9 Å².